The summed E-state index contributed by atoms with van der Waals surface area (Å²) in [7, 11) is 0. The summed E-state index contributed by atoms with van der Waals surface area (Å²) in [4.78, 5) is 9.97. The molecule has 0 fully saturated rings. The van der Waals surface area contributed by atoms with Crippen LogP contribution in [-0.4, -0.2) is 11.4 Å². The third-order valence-corrected chi connectivity index (χ3v) is 1.37. The predicted molar refractivity (Wildman–Crippen MR) is 36.2 cm³/mol. The molecule has 0 bridgehead atoms. The number of aliphatic hydroxyl groups excluding tert-OH is 1. The summed E-state index contributed by atoms with van der Waals surface area (Å²) in [5, 5.41) is 8.86. The first kappa shape index (κ1) is 8.21. The van der Waals surface area contributed by atoms with Crippen molar-refractivity contribution in [3.05, 3.63) is 12.3 Å². The summed E-state index contributed by atoms with van der Waals surface area (Å²) in [5.41, 5.74) is -0.457. The fourth-order valence-corrected chi connectivity index (χ4v) is 0.326. The van der Waals surface area contributed by atoms with E-state index in [9.17, 15) is 4.79 Å². The van der Waals surface area contributed by atoms with Crippen LogP contribution in [-0.2, 0) is 4.79 Å². The Balaban J connectivity index is 4.00. The van der Waals surface area contributed by atoms with Gasteiger partial charge in [-0.05, 0) is 0 Å². The maximum atomic E-state index is 9.97. The number of rotatable bonds is 3. The van der Waals surface area contributed by atoms with Crippen molar-refractivity contribution in [1.82, 2.24) is 0 Å². The molecule has 0 aliphatic rings. The SMILES string of the molecule is C=C(O)C(C)(C)CC=O. The Bertz CT molecular complexity index is 125. The molecule has 2 heteroatoms. The molecular weight excluding hydrogens is 116 g/mol. The number of allylic oxidation sites excluding steroid dienone is 1. The number of hydrogen-bond donors (Lipinski definition) is 1. The van der Waals surface area contributed by atoms with Gasteiger partial charge in [-0.1, -0.05) is 20.4 Å². The molecule has 0 aliphatic heterocycles. The quantitative estimate of drug-likeness (QED) is 0.463. The van der Waals surface area contributed by atoms with Crippen molar-refractivity contribution >= 4 is 6.29 Å². The molecule has 52 valence electrons. The second-order valence-corrected chi connectivity index (χ2v) is 2.70. The fourth-order valence-electron chi connectivity index (χ4n) is 0.326. The number of carbonyl (C=O) groups excluding carboxylic acids is 1. The molecule has 0 aliphatic carbocycles. The van der Waals surface area contributed by atoms with Crippen LogP contribution in [0.3, 0.4) is 0 Å². The molecule has 0 atom stereocenters. The van der Waals surface area contributed by atoms with E-state index in [2.05, 4.69) is 6.58 Å². The zero-order valence-corrected chi connectivity index (χ0v) is 5.85. The third kappa shape index (κ3) is 2.31. The molecule has 0 saturated heterocycles. The number of aliphatic hydroxyl groups is 1. The lowest BCUT2D eigenvalue weighted by Gasteiger charge is -2.18. The Morgan fingerprint density at radius 1 is 1.78 bits per heavy atom. The fraction of sp³-hybridized carbons (Fsp3) is 0.571. The largest absolute Gasteiger partial charge is 0.512 e. The lowest BCUT2D eigenvalue weighted by Crippen LogP contribution is -2.13. The van der Waals surface area contributed by atoms with Crippen molar-refractivity contribution in [3.63, 3.8) is 0 Å². The van der Waals surface area contributed by atoms with Gasteiger partial charge in [0.1, 0.15) is 6.29 Å². The summed E-state index contributed by atoms with van der Waals surface area (Å²) in [5.74, 6) is 0.0644. The van der Waals surface area contributed by atoms with Crippen LogP contribution in [0, 0.1) is 5.41 Å². The van der Waals surface area contributed by atoms with Crippen LogP contribution in [0.15, 0.2) is 12.3 Å². The Morgan fingerprint density at radius 2 is 2.22 bits per heavy atom. The van der Waals surface area contributed by atoms with Gasteiger partial charge in [-0.2, -0.15) is 0 Å². The molecule has 1 N–H and O–H groups in total. The zero-order chi connectivity index (χ0) is 7.49. The van der Waals surface area contributed by atoms with E-state index in [0.29, 0.717) is 6.42 Å². The first-order chi connectivity index (χ1) is 4.00. The lowest BCUT2D eigenvalue weighted by molar-refractivity contribution is -0.109. The van der Waals surface area contributed by atoms with Crippen LogP contribution >= 0.6 is 0 Å². The molecule has 0 saturated carbocycles. The standard InChI is InChI=1S/C7H12O2/c1-6(9)7(2,3)4-5-8/h5,9H,1,4H2,2-3H3. The highest BCUT2D eigenvalue weighted by atomic mass is 16.3. The molecule has 0 aromatic carbocycles. The van der Waals surface area contributed by atoms with Crippen LogP contribution in [0.2, 0.25) is 0 Å². The second kappa shape index (κ2) is 2.67. The summed E-state index contributed by atoms with van der Waals surface area (Å²) in [6, 6.07) is 0. The summed E-state index contributed by atoms with van der Waals surface area (Å²) in [6.45, 7) is 6.88. The molecule has 0 amide bonds. The summed E-state index contributed by atoms with van der Waals surface area (Å²) >= 11 is 0. The maximum absolute atomic E-state index is 9.97. The molecule has 0 radical (unpaired) electrons. The van der Waals surface area contributed by atoms with E-state index in [1.807, 2.05) is 0 Å². The zero-order valence-electron chi connectivity index (χ0n) is 5.85. The first-order valence-electron chi connectivity index (χ1n) is 2.82. The lowest BCUT2D eigenvalue weighted by atomic mass is 9.88. The Labute approximate surface area is 55.2 Å². The molecule has 0 heterocycles. The number of carbonyl (C=O) groups is 1. The minimum atomic E-state index is -0.457. The highest BCUT2D eigenvalue weighted by molar-refractivity contribution is 5.51. The van der Waals surface area contributed by atoms with E-state index in [0.717, 1.165) is 6.29 Å². The molecular formula is C7H12O2. The molecule has 0 rings (SSSR count). The van der Waals surface area contributed by atoms with E-state index in [-0.39, 0.29) is 5.76 Å². The molecule has 9 heavy (non-hydrogen) atoms. The van der Waals surface area contributed by atoms with Crippen molar-refractivity contribution < 1.29 is 9.90 Å². The normalized spacial score (nSPS) is 10.9. The van der Waals surface area contributed by atoms with Gasteiger partial charge in [0.05, 0.1) is 5.76 Å². The number of aldehydes is 1. The van der Waals surface area contributed by atoms with Crippen LogP contribution in [0.5, 0.6) is 0 Å². The molecule has 0 aromatic rings. The van der Waals surface area contributed by atoms with Crippen molar-refractivity contribution in [2.24, 2.45) is 5.41 Å². The van der Waals surface area contributed by atoms with Gasteiger partial charge in [0.15, 0.2) is 0 Å². The second-order valence-electron chi connectivity index (χ2n) is 2.70. The first-order valence-corrected chi connectivity index (χ1v) is 2.82. The van der Waals surface area contributed by atoms with Gasteiger partial charge in [0.25, 0.3) is 0 Å². The smallest absolute Gasteiger partial charge is 0.120 e. The summed E-state index contributed by atoms with van der Waals surface area (Å²) in [6.07, 6.45) is 1.10. The van der Waals surface area contributed by atoms with Gasteiger partial charge >= 0.3 is 0 Å². The Hall–Kier alpha value is -0.790. The van der Waals surface area contributed by atoms with Crippen LogP contribution in [0.4, 0.5) is 0 Å². The van der Waals surface area contributed by atoms with Crippen LogP contribution in [0.1, 0.15) is 20.3 Å². The minimum Gasteiger partial charge on any atom is -0.512 e. The maximum Gasteiger partial charge on any atom is 0.120 e. The van der Waals surface area contributed by atoms with Gasteiger partial charge in [0.2, 0.25) is 0 Å². The molecule has 0 spiro atoms. The highest BCUT2D eigenvalue weighted by Gasteiger charge is 2.19. The molecule has 0 aromatic heterocycles. The van der Waals surface area contributed by atoms with Crippen LogP contribution in [0.25, 0.3) is 0 Å². The molecule has 0 unspecified atom stereocenters. The van der Waals surface area contributed by atoms with Crippen molar-refractivity contribution in [2.75, 3.05) is 0 Å². The molecule has 2 nitrogen and oxygen atoms in total. The average molecular weight is 128 g/mol. The van der Waals surface area contributed by atoms with Gasteiger partial charge in [-0.3, -0.25) is 0 Å². The van der Waals surface area contributed by atoms with Crippen molar-refractivity contribution in [3.8, 4) is 0 Å². The van der Waals surface area contributed by atoms with Gasteiger partial charge in [-0.15, -0.1) is 0 Å². The minimum absolute atomic E-state index is 0.0644. The van der Waals surface area contributed by atoms with Gasteiger partial charge < -0.3 is 9.90 Å². The monoisotopic (exact) mass is 128 g/mol. The van der Waals surface area contributed by atoms with E-state index >= 15 is 0 Å². The van der Waals surface area contributed by atoms with Crippen LogP contribution < -0.4 is 0 Å². The van der Waals surface area contributed by atoms with E-state index in [1.165, 1.54) is 0 Å². The summed E-state index contributed by atoms with van der Waals surface area (Å²) < 4.78 is 0. The van der Waals surface area contributed by atoms with E-state index in [1.54, 1.807) is 13.8 Å². The average Bonchev–Trinajstić information content (AvgIpc) is 1.65. The van der Waals surface area contributed by atoms with E-state index in [4.69, 9.17) is 5.11 Å². The highest BCUT2D eigenvalue weighted by Crippen LogP contribution is 2.25. The van der Waals surface area contributed by atoms with Crippen molar-refractivity contribution in [1.29, 1.82) is 0 Å². The van der Waals surface area contributed by atoms with E-state index < -0.39 is 5.41 Å². The topological polar surface area (TPSA) is 37.3 Å². The van der Waals surface area contributed by atoms with Crippen molar-refractivity contribution in [2.45, 2.75) is 20.3 Å². The Morgan fingerprint density at radius 3 is 2.33 bits per heavy atom. The third-order valence-electron chi connectivity index (χ3n) is 1.37. The predicted octanol–water partition coefficient (Wildman–Crippen LogP) is 1.67. The van der Waals surface area contributed by atoms with Gasteiger partial charge in [0, 0.05) is 11.8 Å². The number of hydrogen-bond acceptors (Lipinski definition) is 2. The van der Waals surface area contributed by atoms with Gasteiger partial charge in [-0.25, -0.2) is 0 Å². The Kier molecular flexibility index (Phi) is 2.43.